The molecule has 1 aromatic rings. The van der Waals surface area contributed by atoms with Crippen LogP contribution in [0.1, 0.15) is 127 Å². The zero-order chi connectivity index (χ0) is 19.1. The van der Waals surface area contributed by atoms with Crippen LogP contribution < -0.4 is 0 Å². The SMILES string of the molecule is CCCC1CCC(C[C@@H](C)c2ccc(C3CCC(CCC)CC3)cc2)CC1. The molecule has 2 fully saturated rings. The van der Waals surface area contributed by atoms with Crippen molar-refractivity contribution >= 4 is 0 Å². The van der Waals surface area contributed by atoms with Crippen LogP contribution in [0, 0.1) is 17.8 Å². The van der Waals surface area contributed by atoms with Gasteiger partial charge in [0.2, 0.25) is 0 Å². The summed E-state index contributed by atoms with van der Waals surface area (Å²) in [6.07, 6.45) is 18.7. The van der Waals surface area contributed by atoms with E-state index in [1.165, 1.54) is 83.5 Å². The van der Waals surface area contributed by atoms with Gasteiger partial charge in [0.15, 0.2) is 0 Å². The van der Waals surface area contributed by atoms with Crippen molar-refractivity contribution < 1.29 is 0 Å². The highest BCUT2D eigenvalue weighted by Gasteiger charge is 2.24. The molecule has 1 atom stereocenters. The van der Waals surface area contributed by atoms with E-state index in [0.717, 1.165) is 29.6 Å². The summed E-state index contributed by atoms with van der Waals surface area (Å²) in [5.41, 5.74) is 3.19. The maximum atomic E-state index is 2.47. The summed E-state index contributed by atoms with van der Waals surface area (Å²) in [5.74, 6) is 4.58. The normalized spacial score (nSPS) is 30.2. The first-order chi connectivity index (χ1) is 13.2. The third kappa shape index (κ3) is 6.10. The lowest BCUT2D eigenvalue weighted by atomic mass is 9.75. The molecular formula is C27H44. The Kier molecular flexibility index (Phi) is 8.28. The Labute approximate surface area is 169 Å². The maximum absolute atomic E-state index is 2.47. The summed E-state index contributed by atoms with van der Waals surface area (Å²) in [7, 11) is 0. The smallest absolute Gasteiger partial charge is 0.0162 e. The molecule has 3 rings (SSSR count). The van der Waals surface area contributed by atoms with Crippen molar-refractivity contribution in [2.75, 3.05) is 0 Å². The number of rotatable bonds is 8. The van der Waals surface area contributed by atoms with E-state index in [1.807, 2.05) is 0 Å². The first-order valence-corrected chi connectivity index (χ1v) is 12.3. The average Bonchev–Trinajstić information content (AvgIpc) is 2.71. The van der Waals surface area contributed by atoms with E-state index in [0.29, 0.717) is 0 Å². The lowest BCUT2D eigenvalue weighted by molar-refractivity contribution is 0.244. The molecule has 152 valence electrons. The molecule has 0 spiro atoms. The summed E-state index contributed by atoms with van der Waals surface area (Å²) in [6, 6.07) is 9.85. The number of hydrogen-bond donors (Lipinski definition) is 0. The van der Waals surface area contributed by atoms with E-state index >= 15 is 0 Å². The molecule has 0 heteroatoms. The minimum Gasteiger partial charge on any atom is -0.0654 e. The third-order valence-corrected chi connectivity index (χ3v) is 7.87. The quantitative estimate of drug-likeness (QED) is 0.430. The Morgan fingerprint density at radius 3 is 1.70 bits per heavy atom. The van der Waals surface area contributed by atoms with E-state index < -0.39 is 0 Å². The Bertz CT molecular complexity index is 511. The minimum atomic E-state index is 0.729. The van der Waals surface area contributed by atoms with E-state index in [4.69, 9.17) is 0 Å². The van der Waals surface area contributed by atoms with Gasteiger partial charge in [0.1, 0.15) is 0 Å². The molecule has 2 aliphatic carbocycles. The topological polar surface area (TPSA) is 0 Å². The fourth-order valence-corrected chi connectivity index (χ4v) is 6.09. The van der Waals surface area contributed by atoms with Gasteiger partial charge >= 0.3 is 0 Å². The van der Waals surface area contributed by atoms with Crippen molar-refractivity contribution in [3.63, 3.8) is 0 Å². The van der Waals surface area contributed by atoms with Gasteiger partial charge in [-0.25, -0.2) is 0 Å². The summed E-state index contributed by atoms with van der Waals surface area (Å²) in [5, 5.41) is 0. The molecule has 0 N–H and O–H groups in total. The monoisotopic (exact) mass is 368 g/mol. The Hall–Kier alpha value is -0.780. The van der Waals surface area contributed by atoms with Crippen molar-refractivity contribution in [3.8, 4) is 0 Å². The van der Waals surface area contributed by atoms with Crippen LogP contribution in [0.2, 0.25) is 0 Å². The lowest BCUT2D eigenvalue weighted by Gasteiger charge is -2.30. The molecule has 27 heavy (non-hydrogen) atoms. The molecule has 0 aliphatic heterocycles. The van der Waals surface area contributed by atoms with Crippen LogP contribution >= 0.6 is 0 Å². The Morgan fingerprint density at radius 2 is 1.19 bits per heavy atom. The zero-order valence-corrected chi connectivity index (χ0v) is 18.4. The Morgan fingerprint density at radius 1 is 0.704 bits per heavy atom. The van der Waals surface area contributed by atoms with Crippen molar-refractivity contribution in [1.29, 1.82) is 0 Å². The van der Waals surface area contributed by atoms with Gasteiger partial charge in [-0.15, -0.1) is 0 Å². The summed E-state index contributed by atoms with van der Waals surface area (Å²) < 4.78 is 0. The van der Waals surface area contributed by atoms with Crippen LogP contribution in [0.4, 0.5) is 0 Å². The maximum Gasteiger partial charge on any atom is -0.0162 e. The fourth-order valence-electron chi connectivity index (χ4n) is 6.09. The standard InChI is InChI=1S/C27H44/c1-4-6-22-8-10-24(11-9-22)20-21(3)25-16-18-27(19-17-25)26-14-12-23(7-5-2)13-15-26/h16-19,21-24,26H,4-15,20H2,1-3H3/t21-,22?,23?,24?,26?/m1/s1. The van der Waals surface area contributed by atoms with Gasteiger partial charge in [-0.1, -0.05) is 96.4 Å². The number of benzene rings is 1. The van der Waals surface area contributed by atoms with Crippen LogP contribution in [-0.2, 0) is 0 Å². The van der Waals surface area contributed by atoms with Gasteiger partial charge in [-0.2, -0.15) is 0 Å². The Balaban J connectivity index is 1.46. The molecule has 0 saturated heterocycles. The fraction of sp³-hybridized carbons (Fsp3) is 0.778. The van der Waals surface area contributed by atoms with Crippen molar-refractivity contribution in [3.05, 3.63) is 35.4 Å². The third-order valence-electron chi connectivity index (χ3n) is 7.87. The summed E-state index contributed by atoms with van der Waals surface area (Å²) in [4.78, 5) is 0. The van der Waals surface area contributed by atoms with Crippen molar-refractivity contribution in [2.45, 2.75) is 116 Å². The van der Waals surface area contributed by atoms with Gasteiger partial charge in [-0.3, -0.25) is 0 Å². The molecule has 2 saturated carbocycles. The van der Waals surface area contributed by atoms with E-state index in [9.17, 15) is 0 Å². The predicted molar refractivity (Wildman–Crippen MR) is 119 cm³/mol. The van der Waals surface area contributed by atoms with Crippen LogP contribution in [0.5, 0.6) is 0 Å². The second-order valence-electron chi connectivity index (χ2n) is 9.99. The zero-order valence-electron chi connectivity index (χ0n) is 18.4. The molecule has 0 bridgehead atoms. The van der Waals surface area contributed by atoms with Gasteiger partial charge in [0.05, 0.1) is 0 Å². The molecule has 0 radical (unpaired) electrons. The van der Waals surface area contributed by atoms with E-state index in [2.05, 4.69) is 45.0 Å². The molecule has 0 aromatic heterocycles. The highest BCUT2D eigenvalue weighted by molar-refractivity contribution is 5.28. The molecule has 0 unspecified atom stereocenters. The van der Waals surface area contributed by atoms with E-state index in [1.54, 1.807) is 11.1 Å². The average molecular weight is 369 g/mol. The molecule has 0 heterocycles. The molecule has 0 amide bonds. The second kappa shape index (κ2) is 10.7. The summed E-state index contributed by atoms with van der Waals surface area (Å²) >= 11 is 0. The molecule has 2 aliphatic rings. The summed E-state index contributed by atoms with van der Waals surface area (Å²) in [6.45, 7) is 7.14. The van der Waals surface area contributed by atoms with Crippen molar-refractivity contribution in [1.82, 2.24) is 0 Å². The largest absolute Gasteiger partial charge is 0.0654 e. The number of hydrogen-bond acceptors (Lipinski definition) is 0. The molecule has 1 aromatic carbocycles. The molecule has 0 nitrogen and oxygen atoms in total. The van der Waals surface area contributed by atoms with Gasteiger partial charge in [0.25, 0.3) is 0 Å². The molecular weight excluding hydrogens is 324 g/mol. The highest BCUT2D eigenvalue weighted by Crippen LogP contribution is 2.39. The van der Waals surface area contributed by atoms with Gasteiger partial charge in [0, 0.05) is 0 Å². The predicted octanol–water partition coefficient (Wildman–Crippen LogP) is 8.86. The second-order valence-corrected chi connectivity index (χ2v) is 9.99. The minimum absolute atomic E-state index is 0.729. The van der Waals surface area contributed by atoms with E-state index in [-0.39, 0.29) is 0 Å². The van der Waals surface area contributed by atoms with Crippen LogP contribution in [0.3, 0.4) is 0 Å². The lowest BCUT2D eigenvalue weighted by Crippen LogP contribution is -2.16. The first-order valence-electron chi connectivity index (χ1n) is 12.3. The van der Waals surface area contributed by atoms with Crippen LogP contribution in [-0.4, -0.2) is 0 Å². The van der Waals surface area contributed by atoms with Gasteiger partial charge < -0.3 is 0 Å². The van der Waals surface area contributed by atoms with Crippen LogP contribution in [0.25, 0.3) is 0 Å². The van der Waals surface area contributed by atoms with Gasteiger partial charge in [-0.05, 0) is 72.8 Å². The van der Waals surface area contributed by atoms with Crippen molar-refractivity contribution in [2.24, 2.45) is 17.8 Å². The highest BCUT2D eigenvalue weighted by atomic mass is 14.3. The first kappa shape index (κ1) is 20.9. The van der Waals surface area contributed by atoms with Crippen LogP contribution in [0.15, 0.2) is 24.3 Å².